The molecule has 10 heteroatoms. The molecule has 154 valence electrons. The number of benzene rings is 1. The Hall–Kier alpha value is -3.27. The Balaban J connectivity index is 2.20. The van der Waals surface area contributed by atoms with Crippen molar-refractivity contribution in [1.29, 1.82) is 0 Å². The summed E-state index contributed by atoms with van der Waals surface area (Å²) >= 11 is 0. The molecule has 2 unspecified atom stereocenters. The van der Waals surface area contributed by atoms with Crippen molar-refractivity contribution in [2.24, 2.45) is 4.99 Å². The Labute approximate surface area is 167 Å². The quantitative estimate of drug-likeness (QED) is 0.680. The highest BCUT2D eigenvalue weighted by molar-refractivity contribution is 6.25. The van der Waals surface area contributed by atoms with Crippen molar-refractivity contribution in [1.82, 2.24) is 15.1 Å². The number of esters is 2. The minimum atomic E-state index is -1.54. The Morgan fingerprint density at radius 2 is 1.69 bits per heavy atom. The zero-order valence-corrected chi connectivity index (χ0v) is 16.5. The first-order valence-electron chi connectivity index (χ1n) is 8.88. The molecule has 2 aliphatic rings. The first kappa shape index (κ1) is 20.5. The van der Waals surface area contributed by atoms with Gasteiger partial charge in [-0.15, -0.1) is 0 Å². The van der Waals surface area contributed by atoms with Crippen molar-refractivity contribution >= 4 is 29.7 Å². The Bertz CT molecular complexity index is 886. The number of carbonyl (C=O) groups excluding carboxylic acids is 4. The lowest BCUT2D eigenvalue weighted by Crippen LogP contribution is -2.79. The molecule has 1 aromatic carbocycles. The molecule has 0 radical (unpaired) electrons. The van der Waals surface area contributed by atoms with Crippen molar-refractivity contribution in [3.8, 4) is 0 Å². The van der Waals surface area contributed by atoms with Crippen LogP contribution >= 0.6 is 0 Å². The fourth-order valence-corrected chi connectivity index (χ4v) is 3.68. The van der Waals surface area contributed by atoms with E-state index in [2.05, 4.69) is 10.3 Å². The van der Waals surface area contributed by atoms with Crippen LogP contribution in [0.4, 0.5) is 4.79 Å². The fraction of sp³-hybridized carbons (Fsp3) is 0.421. The van der Waals surface area contributed by atoms with Gasteiger partial charge in [0, 0.05) is 20.5 Å². The molecular formula is C19H22N4O6. The third kappa shape index (κ3) is 3.25. The van der Waals surface area contributed by atoms with Crippen LogP contribution < -0.4 is 5.32 Å². The highest BCUT2D eigenvalue weighted by Crippen LogP contribution is 2.31. The lowest BCUT2D eigenvalue weighted by Gasteiger charge is -2.49. The molecule has 1 saturated heterocycles. The molecule has 3 amide bonds. The molecule has 2 aliphatic heterocycles. The lowest BCUT2D eigenvalue weighted by atomic mass is 9.82. The average molecular weight is 402 g/mol. The van der Waals surface area contributed by atoms with Gasteiger partial charge in [0.2, 0.25) is 0 Å². The molecule has 1 aromatic rings. The summed E-state index contributed by atoms with van der Waals surface area (Å²) in [4.78, 5) is 57.1. The first-order valence-corrected chi connectivity index (χ1v) is 8.88. The predicted octanol–water partition coefficient (Wildman–Crippen LogP) is -0.423. The van der Waals surface area contributed by atoms with Gasteiger partial charge in [-0.1, -0.05) is 30.3 Å². The van der Waals surface area contributed by atoms with E-state index in [1.165, 1.54) is 26.1 Å². The summed E-state index contributed by atoms with van der Waals surface area (Å²) in [5.74, 6) is -2.10. The van der Waals surface area contributed by atoms with Crippen molar-refractivity contribution in [3.63, 3.8) is 0 Å². The number of amides is 3. The van der Waals surface area contributed by atoms with Gasteiger partial charge < -0.3 is 9.47 Å². The number of fused-ring (bicyclic) bond motifs is 1. The molecule has 0 aliphatic carbocycles. The molecule has 3 atom stereocenters. The number of hydrogen-bond donors (Lipinski definition) is 1. The van der Waals surface area contributed by atoms with Crippen molar-refractivity contribution < 1.29 is 28.7 Å². The van der Waals surface area contributed by atoms with E-state index in [0.717, 1.165) is 17.6 Å². The number of ether oxygens (including phenoxy) is 2. The second-order valence-electron chi connectivity index (χ2n) is 6.84. The van der Waals surface area contributed by atoms with Crippen LogP contribution in [-0.4, -0.2) is 85.4 Å². The standard InChI is InChI=1S/C19H22N4O6/c1-22-16-19(17(26)23(2)18(22)27,10-11-8-6-5-7-9-11)21-13(15(25)29-4)12(20-16)14(24)28-3/h5-9,12-13,21H,10H2,1-4H3/t12?,13?,19-/m1/s1. The largest absolute Gasteiger partial charge is 0.468 e. The maximum absolute atomic E-state index is 13.3. The van der Waals surface area contributed by atoms with E-state index >= 15 is 0 Å². The predicted molar refractivity (Wildman–Crippen MR) is 101 cm³/mol. The summed E-state index contributed by atoms with van der Waals surface area (Å²) in [5, 5.41) is 2.97. The highest BCUT2D eigenvalue weighted by Gasteiger charge is 2.59. The zero-order chi connectivity index (χ0) is 21.3. The number of hydrogen-bond acceptors (Lipinski definition) is 8. The van der Waals surface area contributed by atoms with Crippen molar-refractivity contribution in [2.75, 3.05) is 28.3 Å². The van der Waals surface area contributed by atoms with Crippen LogP contribution in [0.15, 0.2) is 35.3 Å². The number of urea groups is 1. The van der Waals surface area contributed by atoms with Gasteiger partial charge in [0.25, 0.3) is 5.91 Å². The van der Waals surface area contributed by atoms with Gasteiger partial charge in [0.15, 0.2) is 11.6 Å². The van der Waals surface area contributed by atoms with Gasteiger partial charge in [-0.25, -0.2) is 9.59 Å². The number of aliphatic imine (C=N–C) groups is 1. The molecule has 1 fully saturated rings. The Morgan fingerprint density at radius 1 is 1.07 bits per heavy atom. The number of nitrogens with one attached hydrogen (secondary N) is 1. The molecule has 0 bridgehead atoms. The van der Waals surface area contributed by atoms with Gasteiger partial charge in [-0.05, 0) is 5.56 Å². The lowest BCUT2D eigenvalue weighted by molar-refractivity contribution is -0.153. The first-order chi connectivity index (χ1) is 13.8. The van der Waals surface area contributed by atoms with Crippen molar-refractivity contribution in [3.05, 3.63) is 35.9 Å². The maximum Gasteiger partial charge on any atom is 0.332 e. The summed E-state index contributed by atoms with van der Waals surface area (Å²) in [5.41, 5.74) is -0.764. The van der Waals surface area contributed by atoms with Crippen LogP contribution in [0.25, 0.3) is 0 Å². The third-order valence-electron chi connectivity index (χ3n) is 5.13. The van der Waals surface area contributed by atoms with Crippen LogP contribution in [-0.2, 0) is 30.3 Å². The second kappa shape index (κ2) is 7.63. The summed E-state index contributed by atoms with van der Waals surface area (Å²) in [6.07, 6.45) is 0.106. The SMILES string of the molecule is COC(=O)C1N=C2N(C)C(=O)N(C)C(=O)[C@]2(Cc2ccccc2)NC1C(=O)OC. The number of amidine groups is 1. The highest BCUT2D eigenvalue weighted by atomic mass is 16.5. The molecule has 29 heavy (non-hydrogen) atoms. The zero-order valence-electron chi connectivity index (χ0n) is 16.5. The maximum atomic E-state index is 13.3. The number of nitrogens with zero attached hydrogens (tertiary/aromatic N) is 3. The molecule has 0 saturated carbocycles. The number of likely N-dealkylation sites (N-methyl/N-ethyl adjacent to an activating group) is 2. The number of rotatable bonds is 4. The van der Waals surface area contributed by atoms with E-state index in [1.54, 1.807) is 0 Å². The molecule has 0 spiro atoms. The van der Waals surface area contributed by atoms with Crippen LogP contribution in [0.2, 0.25) is 0 Å². The van der Waals surface area contributed by atoms with Crippen molar-refractivity contribution in [2.45, 2.75) is 24.0 Å². The number of imide groups is 1. The molecule has 10 nitrogen and oxygen atoms in total. The van der Waals surface area contributed by atoms with Crippen LogP contribution in [0.5, 0.6) is 0 Å². The summed E-state index contributed by atoms with van der Waals surface area (Å²) < 4.78 is 9.58. The fourth-order valence-electron chi connectivity index (χ4n) is 3.68. The second-order valence-corrected chi connectivity index (χ2v) is 6.84. The Morgan fingerprint density at radius 3 is 2.28 bits per heavy atom. The molecule has 2 heterocycles. The van der Waals surface area contributed by atoms with Gasteiger partial charge in [0.05, 0.1) is 14.2 Å². The molecule has 0 aromatic heterocycles. The molecule has 3 rings (SSSR count). The van der Waals surface area contributed by atoms with E-state index in [9.17, 15) is 19.2 Å². The van der Waals surface area contributed by atoms with E-state index in [4.69, 9.17) is 9.47 Å². The van der Waals surface area contributed by atoms with Crippen LogP contribution in [0.1, 0.15) is 5.56 Å². The van der Waals surface area contributed by atoms with E-state index in [1.807, 2.05) is 30.3 Å². The topological polar surface area (TPSA) is 118 Å². The normalized spacial score (nSPS) is 26.6. The minimum absolute atomic E-state index is 0.0463. The monoisotopic (exact) mass is 402 g/mol. The van der Waals surface area contributed by atoms with E-state index in [-0.39, 0.29) is 12.3 Å². The number of carbonyl (C=O) groups is 4. The average Bonchev–Trinajstić information content (AvgIpc) is 2.75. The summed E-state index contributed by atoms with van der Waals surface area (Å²) in [6, 6.07) is 5.92. The molecular weight excluding hydrogens is 380 g/mol. The van der Waals surface area contributed by atoms with Gasteiger partial charge in [0.1, 0.15) is 11.9 Å². The molecule has 1 N–H and O–H groups in total. The van der Waals surface area contributed by atoms with Crippen LogP contribution in [0, 0.1) is 0 Å². The summed E-state index contributed by atoms with van der Waals surface area (Å²) in [7, 11) is 5.15. The van der Waals surface area contributed by atoms with Crippen LogP contribution in [0.3, 0.4) is 0 Å². The van der Waals surface area contributed by atoms with E-state index < -0.39 is 41.5 Å². The minimum Gasteiger partial charge on any atom is -0.468 e. The van der Waals surface area contributed by atoms with Gasteiger partial charge >= 0.3 is 18.0 Å². The smallest absolute Gasteiger partial charge is 0.332 e. The van der Waals surface area contributed by atoms with Gasteiger partial charge in [-0.3, -0.25) is 29.7 Å². The Kier molecular flexibility index (Phi) is 5.38. The third-order valence-corrected chi connectivity index (χ3v) is 5.13. The van der Waals surface area contributed by atoms with Gasteiger partial charge in [-0.2, -0.15) is 0 Å². The van der Waals surface area contributed by atoms with E-state index in [0.29, 0.717) is 0 Å². The number of methoxy groups -OCH3 is 2. The summed E-state index contributed by atoms with van der Waals surface area (Å²) in [6.45, 7) is 0.